The Labute approximate surface area is 110 Å². The van der Waals surface area contributed by atoms with Gasteiger partial charge in [0.25, 0.3) is 0 Å². The van der Waals surface area contributed by atoms with Gasteiger partial charge >= 0.3 is 5.97 Å². The highest BCUT2D eigenvalue weighted by Crippen LogP contribution is 2.31. The number of hydrogen-bond acceptors (Lipinski definition) is 3. The molecule has 0 saturated heterocycles. The molecule has 0 radical (unpaired) electrons. The highest BCUT2D eigenvalue weighted by atomic mass is 16.5. The molecule has 4 nitrogen and oxygen atoms in total. The molecular weight excluding hydrogens is 244 g/mol. The molecule has 0 aliphatic heterocycles. The van der Waals surface area contributed by atoms with Crippen molar-refractivity contribution in [2.75, 3.05) is 7.11 Å². The number of hydrogen-bond donors (Lipinski definition) is 2. The summed E-state index contributed by atoms with van der Waals surface area (Å²) >= 11 is 0. The predicted molar refractivity (Wildman–Crippen MR) is 71.3 cm³/mol. The summed E-state index contributed by atoms with van der Waals surface area (Å²) in [5.74, 6) is -0.387. The maximum atomic E-state index is 11.0. The molecule has 0 amide bonds. The van der Waals surface area contributed by atoms with Crippen LogP contribution in [0.25, 0.3) is 11.1 Å². The lowest BCUT2D eigenvalue weighted by Gasteiger charge is -2.10. The third-order valence-corrected chi connectivity index (χ3v) is 2.87. The molecule has 98 valence electrons. The summed E-state index contributed by atoms with van der Waals surface area (Å²) in [7, 11) is 1.54. The molecule has 0 unspecified atom stereocenters. The quantitative estimate of drug-likeness (QED) is 0.884. The van der Waals surface area contributed by atoms with Crippen molar-refractivity contribution in [2.24, 2.45) is 0 Å². The Hall–Kier alpha value is -2.33. The molecule has 2 N–H and O–H groups in total. The summed E-state index contributed by atoms with van der Waals surface area (Å²) in [5, 5.41) is 18.2. The van der Waals surface area contributed by atoms with E-state index in [1.165, 1.54) is 13.2 Å². The smallest absolute Gasteiger partial charge is 0.335 e. The maximum Gasteiger partial charge on any atom is 0.335 e. The molecule has 2 rings (SSSR count). The van der Waals surface area contributed by atoms with Crippen molar-refractivity contribution in [2.45, 2.75) is 6.61 Å². The third-order valence-electron chi connectivity index (χ3n) is 2.87. The topological polar surface area (TPSA) is 66.8 Å². The number of carbonyl (C=O) groups is 1. The number of aromatic carboxylic acids is 1. The van der Waals surface area contributed by atoms with Gasteiger partial charge in [0, 0.05) is 5.56 Å². The van der Waals surface area contributed by atoms with Crippen LogP contribution >= 0.6 is 0 Å². The minimum absolute atomic E-state index is 0.0607. The van der Waals surface area contributed by atoms with E-state index in [0.717, 1.165) is 11.1 Å². The lowest BCUT2D eigenvalue weighted by atomic mass is 10.00. The average Bonchev–Trinajstić information content (AvgIpc) is 2.46. The molecule has 0 bridgehead atoms. The van der Waals surface area contributed by atoms with E-state index in [0.29, 0.717) is 11.3 Å². The Balaban J connectivity index is 2.57. The van der Waals surface area contributed by atoms with Crippen LogP contribution in [0.5, 0.6) is 5.75 Å². The highest BCUT2D eigenvalue weighted by Gasteiger charge is 2.11. The summed E-state index contributed by atoms with van der Waals surface area (Å²) in [4.78, 5) is 11.0. The number of aliphatic hydroxyl groups excluding tert-OH is 1. The molecule has 2 aromatic rings. The van der Waals surface area contributed by atoms with E-state index in [2.05, 4.69) is 0 Å². The fourth-order valence-corrected chi connectivity index (χ4v) is 1.90. The van der Waals surface area contributed by atoms with Crippen LogP contribution < -0.4 is 4.74 Å². The molecule has 0 aromatic heterocycles. The van der Waals surface area contributed by atoms with Gasteiger partial charge < -0.3 is 14.9 Å². The average molecular weight is 258 g/mol. The molecule has 4 heteroatoms. The van der Waals surface area contributed by atoms with Crippen molar-refractivity contribution in [3.63, 3.8) is 0 Å². The molecule has 0 heterocycles. The molecule has 19 heavy (non-hydrogen) atoms. The Morgan fingerprint density at radius 2 is 2.00 bits per heavy atom. The van der Waals surface area contributed by atoms with Gasteiger partial charge in [-0.2, -0.15) is 0 Å². The summed E-state index contributed by atoms with van der Waals surface area (Å²) in [5.41, 5.74) is 2.47. The second-order valence-electron chi connectivity index (χ2n) is 4.08. The lowest BCUT2D eigenvalue weighted by molar-refractivity contribution is 0.0697. The monoisotopic (exact) mass is 258 g/mol. The molecule has 0 aliphatic carbocycles. The van der Waals surface area contributed by atoms with Gasteiger partial charge in [-0.05, 0) is 35.4 Å². The van der Waals surface area contributed by atoms with Crippen molar-refractivity contribution >= 4 is 5.97 Å². The van der Waals surface area contributed by atoms with Crippen LogP contribution in [0.1, 0.15) is 15.9 Å². The fraction of sp³-hybridized carbons (Fsp3) is 0.133. The first kappa shape index (κ1) is 13.1. The normalized spacial score (nSPS) is 10.2. The van der Waals surface area contributed by atoms with E-state index in [9.17, 15) is 4.79 Å². The first-order valence-corrected chi connectivity index (χ1v) is 5.77. The zero-order valence-corrected chi connectivity index (χ0v) is 10.5. The minimum atomic E-state index is -0.984. The first-order chi connectivity index (χ1) is 9.15. The predicted octanol–water partition coefficient (Wildman–Crippen LogP) is 2.55. The Bertz CT molecular complexity index is 605. The fourth-order valence-electron chi connectivity index (χ4n) is 1.90. The van der Waals surface area contributed by atoms with Crippen LogP contribution in [0.2, 0.25) is 0 Å². The largest absolute Gasteiger partial charge is 0.496 e. The summed E-state index contributed by atoms with van der Waals surface area (Å²) in [6, 6.07) is 12.0. The van der Waals surface area contributed by atoms with Gasteiger partial charge in [0.15, 0.2) is 0 Å². The Kier molecular flexibility index (Phi) is 3.82. The maximum absolute atomic E-state index is 11.0. The van der Waals surface area contributed by atoms with Crippen molar-refractivity contribution in [1.82, 2.24) is 0 Å². The van der Waals surface area contributed by atoms with Crippen LogP contribution in [0.15, 0.2) is 42.5 Å². The van der Waals surface area contributed by atoms with E-state index in [1.54, 1.807) is 18.2 Å². The van der Waals surface area contributed by atoms with E-state index in [-0.39, 0.29) is 12.2 Å². The van der Waals surface area contributed by atoms with Gasteiger partial charge in [0.2, 0.25) is 0 Å². The zero-order chi connectivity index (χ0) is 13.8. The van der Waals surface area contributed by atoms with Crippen LogP contribution in [-0.2, 0) is 6.61 Å². The van der Waals surface area contributed by atoms with E-state index in [1.807, 2.05) is 18.2 Å². The van der Waals surface area contributed by atoms with Crippen LogP contribution in [-0.4, -0.2) is 23.3 Å². The summed E-state index contributed by atoms with van der Waals surface area (Å²) in [6.07, 6.45) is 0. The lowest BCUT2D eigenvalue weighted by Crippen LogP contribution is -1.98. The highest BCUT2D eigenvalue weighted by molar-refractivity contribution is 5.90. The van der Waals surface area contributed by atoms with E-state index >= 15 is 0 Å². The number of carboxylic acids is 1. The Morgan fingerprint density at radius 1 is 1.21 bits per heavy atom. The van der Waals surface area contributed by atoms with E-state index in [4.69, 9.17) is 14.9 Å². The molecule has 0 aliphatic rings. The standard InChI is InChI=1S/C15H14O4/c1-19-14-6-5-12(15(17)18)8-13(14)11-4-2-3-10(7-11)9-16/h2-8,16H,9H2,1H3,(H,17,18). The van der Waals surface area contributed by atoms with Gasteiger partial charge in [0.05, 0.1) is 19.3 Å². The van der Waals surface area contributed by atoms with Gasteiger partial charge in [-0.1, -0.05) is 18.2 Å². The third kappa shape index (κ3) is 2.74. The number of aliphatic hydroxyl groups is 1. The van der Waals surface area contributed by atoms with Crippen LogP contribution in [0.3, 0.4) is 0 Å². The first-order valence-electron chi connectivity index (χ1n) is 5.77. The number of ether oxygens (including phenoxy) is 1. The summed E-state index contributed by atoms with van der Waals surface area (Å²) < 4.78 is 5.25. The van der Waals surface area contributed by atoms with Gasteiger partial charge in [-0.25, -0.2) is 4.79 Å². The second kappa shape index (κ2) is 5.54. The van der Waals surface area contributed by atoms with Crippen LogP contribution in [0.4, 0.5) is 0 Å². The molecule has 2 aromatic carbocycles. The Morgan fingerprint density at radius 3 is 2.63 bits per heavy atom. The van der Waals surface area contributed by atoms with Crippen molar-refractivity contribution in [1.29, 1.82) is 0 Å². The number of carboxylic acid groups (broad SMARTS) is 1. The van der Waals surface area contributed by atoms with Gasteiger partial charge in [-0.3, -0.25) is 0 Å². The van der Waals surface area contributed by atoms with Crippen LogP contribution in [0, 0.1) is 0 Å². The van der Waals surface area contributed by atoms with Gasteiger partial charge in [-0.15, -0.1) is 0 Å². The zero-order valence-electron chi connectivity index (χ0n) is 10.5. The molecular formula is C15H14O4. The molecule has 0 saturated carbocycles. The number of rotatable bonds is 4. The van der Waals surface area contributed by atoms with Crippen molar-refractivity contribution < 1.29 is 19.7 Å². The summed E-state index contributed by atoms with van der Waals surface area (Å²) in [6.45, 7) is -0.0607. The van der Waals surface area contributed by atoms with Crippen molar-refractivity contribution in [3.8, 4) is 16.9 Å². The van der Waals surface area contributed by atoms with Crippen molar-refractivity contribution in [3.05, 3.63) is 53.6 Å². The minimum Gasteiger partial charge on any atom is -0.496 e. The number of methoxy groups -OCH3 is 1. The van der Waals surface area contributed by atoms with Gasteiger partial charge in [0.1, 0.15) is 5.75 Å². The molecule has 0 spiro atoms. The SMILES string of the molecule is COc1ccc(C(=O)O)cc1-c1cccc(CO)c1. The second-order valence-corrected chi connectivity index (χ2v) is 4.08. The molecule has 0 fully saturated rings. The molecule has 0 atom stereocenters. The van der Waals surface area contributed by atoms with E-state index < -0.39 is 5.97 Å². The number of benzene rings is 2.